The largest absolute Gasteiger partial charge is 0.259 e. The molecule has 0 unspecified atom stereocenters. The van der Waals surface area contributed by atoms with Crippen LogP contribution in [0.5, 0.6) is 0 Å². The van der Waals surface area contributed by atoms with Crippen LogP contribution in [0.25, 0.3) is 26.1 Å². The van der Waals surface area contributed by atoms with Gasteiger partial charge in [0.1, 0.15) is 15.9 Å². The van der Waals surface area contributed by atoms with E-state index in [9.17, 15) is 0 Å². The highest BCUT2D eigenvalue weighted by atomic mass is 35.5. The molecule has 0 spiro atoms. The molecule has 5 aromatic rings. The van der Waals surface area contributed by atoms with Crippen LogP contribution in [0.2, 0.25) is 10.0 Å². The number of fused-ring (bicyclic) bond motifs is 7. The van der Waals surface area contributed by atoms with E-state index in [1.807, 2.05) is 28.9 Å². The summed E-state index contributed by atoms with van der Waals surface area (Å²) in [5.41, 5.74) is 6.94. The predicted molar refractivity (Wildman–Crippen MR) is 138 cm³/mol. The highest BCUT2D eigenvalue weighted by Crippen LogP contribution is 2.40. The van der Waals surface area contributed by atoms with E-state index >= 15 is 0 Å². The van der Waals surface area contributed by atoms with Crippen LogP contribution in [0.4, 0.5) is 0 Å². The third-order valence-electron chi connectivity index (χ3n) is 6.28. The molecule has 0 saturated heterocycles. The summed E-state index contributed by atoms with van der Waals surface area (Å²) < 4.78 is 3.02. The standard InChI is InChI=1S/C24H21Cl2N5S2/c1-2-6-18-13-7-3-4-8-14(13)19-20-21(33-23(19)28-18)22-29-30-24(31(22)12-27-20)32-11-15-16(25)9-5-10-17(15)26/h5,9-10,12H,2-4,6-8,11H2,1H3. The lowest BCUT2D eigenvalue weighted by Gasteiger charge is -2.19. The fourth-order valence-corrected chi connectivity index (χ4v) is 7.52. The van der Waals surface area contributed by atoms with Gasteiger partial charge < -0.3 is 0 Å². The molecule has 4 aromatic heterocycles. The minimum Gasteiger partial charge on any atom is -0.259 e. The Hall–Kier alpha value is -1.93. The Kier molecular flexibility index (Phi) is 5.69. The SMILES string of the molecule is CCCc1nc2sc3c(ncn4c(SCc5c(Cl)cccc5Cl)nnc34)c2c2c1CCCC2. The van der Waals surface area contributed by atoms with Gasteiger partial charge in [0.25, 0.3) is 0 Å². The third-order valence-corrected chi connectivity index (χ3v) is 9.03. The Labute approximate surface area is 209 Å². The lowest BCUT2D eigenvalue weighted by molar-refractivity contribution is 0.675. The number of rotatable bonds is 5. The number of benzene rings is 1. The van der Waals surface area contributed by atoms with Gasteiger partial charge in [-0.25, -0.2) is 9.97 Å². The lowest BCUT2D eigenvalue weighted by Crippen LogP contribution is -2.09. The van der Waals surface area contributed by atoms with Gasteiger partial charge in [-0.05, 0) is 60.9 Å². The minimum absolute atomic E-state index is 0.610. The molecule has 1 aromatic carbocycles. The summed E-state index contributed by atoms with van der Waals surface area (Å²) in [6.07, 6.45) is 8.70. The number of hydrogen-bond donors (Lipinski definition) is 0. The zero-order valence-electron chi connectivity index (χ0n) is 18.1. The average Bonchev–Trinajstić information content (AvgIpc) is 3.40. The van der Waals surface area contributed by atoms with E-state index in [4.69, 9.17) is 33.2 Å². The molecule has 168 valence electrons. The van der Waals surface area contributed by atoms with Crippen molar-refractivity contribution in [3.8, 4) is 0 Å². The van der Waals surface area contributed by atoms with Gasteiger partial charge in [0.2, 0.25) is 0 Å². The third kappa shape index (κ3) is 3.60. The number of nitrogens with zero attached hydrogens (tertiary/aromatic N) is 5. The van der Waals surface area contributed by atoms with Crippen LogP contribution in [-0.4, -0.2) is 24.6 Å². The molecule has 0 radical (unpaired) electrons. The molecular weight excluding hydrogens is 493 g/mol. The van der Waals surface area contributed by atoms with Crippen LogP contribution in [0.3, 0.4) is 0 Å². The van der Waals surface area contributed by atoms with Crippen molar-refractivity contribution in [3.05, 3.63) is 57.0 Å². The minimum atomic E-state index is 0.610. The molecule has 5 nitrogen and oxygen atoms in total. The topological polar surface area (TPSA) is 56.0 Å². The van der Waals surface area contributed by atoms with Crippen LogP contribution in [-0.2, 0) is 25.0 Å². The normalized spacial score (nSPS) is 13.9. The van der Waals surface area contributed by atoms with Gasteiger partial charge in [-0.3, -0.25) is 4.40 Å². The van der Waals surface area contributed by atoms with E-state index in [2.05, 4.69) is 17.1 Å². The lowest BCUT2D eigenvalue weighted by atomic mass is 9.88. The molecule has 9 heteroatoms. The van der Waals surface area contributed by atoms with E-state index in [-0.39, 0.29) is 0 Å². The van der Waals surface area contributed by atoms with Crippen molar-refractivity contribution >= 4 is 72.4 Å². The van der Waals surface area contributed by atoms with Crippen molar-refractivity contribution < 1.29 is 0 Å². The summed E-state index contributed by atoms with van der Waals surface area (Å²) in [4.78, 5) is 11.1. The van der Waals surface area contributed by atoms with E-state index < -0.39 is 0 Å². The van der Waals surface area contributed by atoms with Gasteiger partial charge in [0.05, 0.1) is 5.52 Å². The Balaban J connectivity index is 1.47. The molecular formula is C24H21Cl2N5S2. The molecule has 0 bridgehead atoms. The Bertz CT molecular complexity index is 1500. The molecule has 0 saturated carbocycles. The molecule has 0 aliphatic heterocycles. The maximum atomic E-state index is 6.35. The molecule has 0 atom stereocenters. The summed E-state index contributed by atoms with van der Waals surface area (Å²) in [6.45, 7) is 2.22. The Morgan fingerprint density at radius 3 is 2.67 bits per heavy atom. The first-order valence-corrected chi connectivity index (χ1v) is 13.7. The Morgan fingerprint density at radius 1 is 1.09 bits per heavy atom. The van der Waals surface area contributed by atoms with Gasteiger partial charge in [-0.2, -0.15) is 0 Å². The summed E-state index contributed by atoms with van der Waals surface area (Å²) in [5, 5.41) is 12.3. The van der Waals surface area contributed by atoms with Gasteiger partial charge >= 0.3 is 0 Å². The van der Waals surface area contributed by atoms with Crippen molar-refractivity contribution in [2.75, 3.05) is 0 Å². The molecule has 0 fully saturated rings. The van der Waals surface area contributed by atoms with Crippen LogP contribution in [0.1, 0.15) is 48.6 Å². The number of thioether (sulfide) groups is 1. The van der Waals surface area contributed by atoms with E-state index in [0.29, 0.717) is 15.8 Å². The second-order valence-electron chi connectivity index (χ2n) is 8.34. The first-order valence-electron chi connectivity index (χ1n) is 11.2. The van der Waals surface area contributed by atoms with Gasteiger partial charge in [0.15, 0.2) is 10.8 Å². The van der Waals surface area contributed by atoms with Crippen molar-refractivity contribution in [3.63, 3.8) is 0 Å². The number of halogens is 2. The van der Waals surface area contributed by atoms with E-state index in [1.165, 1.54) is 35.0 Å². The highest BCUT2D eigenvalue weighted by molar-refractivity contribution is 7.98. The Morgan fingerprint density at radius 2 is 1.88 bits per heavy atom. The quantitative estimate of drug-likeness (QED) is 0.230. The molecule has 6 rings (SSSR count). The van der Waals surface area contributed by atoms with Crippen molar-refractivity contribution in [1.29, 1.82) is 0 Å². The zero-order valence-corrected chi connectivity index (χ0v) is 21.2. The summed E-state index contributed by atoms with van der Waals surface area (Å²) in [7, 11) is 0. The summed E-state index contributed by atoms with van der Waals surface area (Å²) in [5.74, 6) is 0.610. The molecule has 1 aliphatic carbocycles. The molecule has 0 amide bonds. The van der Waals surface area contributed by atoms with Crippen LogP contribution < -0.4 is 0 Å². The molecule has 33 heavy (non-hydrogen) atoms. The van der Waals surface area contributed by atoms with Crippen LogP contribution in [0.15, 0.2) is 29.7 Å². The van der Waals surface area contributed by atoms with Crippen LogP contribution >= 0.6 is 46.3 Å². The van der Waals surface area contributed by atoms with Crippen molar-refractivity contribution in [2.24, 2.45) is 0 Å². The second-order valence-corrected chi connectivity index (χ2v) is 11.1. The molecule has 0 N–H and O–H groups in total. The van der Waals surface area contributed by atoms with Gasteiger partial charge in [-0.1, -0.05) is 54.4 Å². The van der Waals surface area contributed by atoms with E-state index in [1.54, 1.807) is 23.1 Å². The van der Waals surface area contributed by atoms with Gasteiger partial charge in [0, 0.05) is 26.9 Å². The van der Waals surface area contributed by atoms with E-state index in [0.717, 1.165) is 57.1 Å². The number of thiophene rings is 1. The average molecular weight is 515 g/mol. The first-order chi connectivity index (χ1) is 16.2. The number of pyridine rings is 1. The van der Waals surface area contributed by atoms with Crippen molar-refractivity contribution in [1.82, 2.24) is 24.6 Å². The zero-order chi connectivity index (χ0) is 22.5. The maximum Gasteiger partial charge on any atom is 0.197 e. The number of aromatic nitrogens is 5. The van der Waals surface area contributed by atoms with Gasteiger partial charge in [-0.15, -0.1) is 21.5 Å². The highest BCUT2D eigenvalue weighted by Gasteiger charge is 2.23. The molecule has 4 heterocycles. The summed E-state index contributed by atoms with van der Waals surface area (Å²) >= 11 is 15.9. The smallest absolute Gasteiger partial charge is 0.197 e. The number of hydrogen-bond acceptors (Lipinski definition) is 6. The second kappa shape index (κ2) is 8.69. The maximum absolute atomic E-state index is 6.35. The monoisotopic (exact) mass is 513 g/mol. The van der Waals surface area contributed by atoms with Crippen LogP contribution in [0, 0.1) is 0 Å². The first kappa shape index (κ1) is 21.6. The fraction of sp³-hybridized carbons (Fsp3) is 0.333. The van der Waals surface area contributed by atoms with Crippen molar-refractivity contribution in [2.45, 2.75) is 56.4 Å². The number of aryl methyl sites for hydroxylation is 2. The predicted octanol–water partition coefficient (Wildman–Crippen LogP) is 7.32. The molecule has 1 aliphatic rings. The summed E-state index contributed by atoms with van der Waals surface area (Å²) in [6, 6.07) is 5.56. The fourth-order valence-electron chi connectivity index (χ4n) is 4.73.